The zero-order chi connectivity index (χ0) is 8.91. The zero-order valence-corrected chi connectivity index (χ0v) is 8.06. The van der Waals surface area contributed by atoms with Crippen molar-refractivity contribution in [3.8, 4) is 0 Å². The van der Waals surface area contributed by atoms with Gasteiger partial charge in [0, 0.05) is 6.04 Å². The molecule has 0 spiro atoms. The first-order valence-electron chi connectivity index (χ1n) is 4.43. The van der Waals surface area contributed by atoms with Gasteiger partial charge in [0.05, 0.1) is 0 Å². The number of unbranched alkanes of at least 4 members (excludes halogenated alkanes) is 1. The monoisotopic (exact) mass is 155 g/mol. The van der Waals surface area contributed by atoms with Gasteiger partial charge in [0.15, 0.2) is 0 Å². The molecule has 0 heterocycles. The summed E-state index contributed by atoms with van der Waals surface area (Å²) in [5.74, 6) is 0. The summed E-state index contributed by atoms with van der Waals surface area (Å²) in [7, 11) is 0. The van der Waals surface area contributed by atoms with Gasteiger partial charge in [0.2, 0.25) is 0 Å². The average molecular weight is 155 g/mol. The molecule has 0 saturated carbocycles. The Morgan fingerprint density at radius 1 is 1.55 bits per heavy atom. The molecule has 1 atom stereocenters. The van der Waals surface area contributed by atoms with Crippen LogP contribution >= 0.6 is 0 Å². The van der Waals surface area contributed by atoms with Crippen molar-refractivity contribution < 1.29 is 0 Å². The fourth-order valence-corrected chi connectivity index (χ4v) is 0.947. The van der Waals surface area contributed by atoms with Crippen molar-refractivity contribution in [1.29, 1.82) is 0 Å². The van der Waals surface area contributed by atoms with Gasteiger partial charge in [0.25, 0.3) is 0 Å². The van der Waals surface area contributed by atoms with E-state index in [4.69, 9.17) is 5.73 Å². The topological polar surface area (TPSA) is 26.0 Å². The maximum Gasteiger partial charge on any atom is 0.0125 e. The maximum absolute atomic E-state index is 5.98. The second-order valence-electron chi connectivity index (χ2n) is 3.77. The minimum Gasteiger partial charge on any atom is -0.327 e. The van der Waals surface area contributed by atoms with E-state index in [2.05, 4.69) is 27.4 Å². The molecule has 0 unspecified atom stereocenters. The maximum atomic E-state index is 5.98. The van der Waals surface area contributed by atoms with E-state index >= 15 is 0 Å². The molecular formula is C10H21N. The van der Waals surface area contributed by atoms with Crippen LogP contribution in [0.3, 0.4) is 0 Å². The molecule has 0 amide bonds. The second kappa shape index (κ2) is 4.55. The van der Waals surface area contributed by atoms with Crippen molar-refractivity contribution in [3.63, 3.8) is 0 Å². The van der Waals surface area contributed by atoms with Gasteiger partial charge in [-0.1, -0.05) is 39.7 Å². The predicted molar refractivity (Wildman–Crippen MR) is 51.5 cm³/mol. The molecule has 0 radical (unpaired) electrons. The van der Waals surface area contributed by atoms with Gasteiger partial charge in [0.1, 0.15) is 0 Å². The lowest BCUT2D eigenvalue weighted by Gasteiger charge is -2.27. The highest BCUT2D eigenvalue weighted by molar-refractivity contribution is 4.95. The summed E-state index contributed by atoms with van der Waals surface area (Å²) in [4.78, 5) is 0. The van der Waals surface area contributed by atoms with Gasteiger partial charge in [-0.15, -0.1) is 6.58 Å². The van der Waals surface area contributed by atoms with Gasteiger partial charge in [-0.05, 0) is 11.8 Å². The fraction of sp³-hybridized carbons (Fsp3) is 0.800. The minimum absolute atomic E-state index is 0.0924. The van der Waals surface area contributed by atoms with E-state index in [9.17, 15) is 0 Å². The van der Waals surface area contributed by atoms with E-state index in [1.54, 1.807) is 0 Å². The Morgan fingerprint density at radius 2 is 2.09 bits per heavy atom. The average Bonchev–Trinajstić information content (AvgIpc) is 2.00. The van der Waals surface area contributed by atoms with Crippen LogP contribution in [0.25, 0.3) is 0 Å². The Balaban J connectivity index is 3.80. The standard InChI is InChI=1S/C10H21N/c1-5-7-8-9(11)10(3,4)6-2/h6,9H,2,5,7-8,11H2,1,3-4H3/t9-/m1/s1. The molecule has 0 aromatic rings. The summed E-state index contributed by atoms with van der Waals surface area (Å²) >= 11 is 0. The lowest BCUT2D eigenvalue weighted by atomic mass is 9.82. The Bertz CT molecular complexity index is 116. The van der Waals surface area contributed by atoms with E-state index in [-0.39, 0.29) is 11.5 Å². The zero-order valence-electron chi connectivity index (χ0n) is 8.06. The van der Waals surface area contributed by atoms with Gasteiger partial charge >= 0.3 is 0 Å². The first kappa shape index (κ1) is 10.7. The summed E-state index contributed by atoms with van der Waals surface area (Å²) in [6, 6.07) is 0.264. The van der Waals surface area contributed by atoms with Crippen molar-refractivity contribution in [2.24, 2.45) is 11.1 Å². The number of rotatable bonds is 5. The first-order chi connectivity index (χ1) is 5.04. The van der Waals surface area contributed by atoms with Crippen LogP contribution in [0.15, 0.2) is 12.7 Å². The van der Waals surface area contributed by atoms with Gasteiger partial charge < -0.3 is 5.73 Å². The SMILES string of the molecule is C=CC(C)(C)[C@H](N)CCCC. The van der Waals surface area contributed by atoms with E-state index in [0.717, 1.165) is 6.42 Å². The van der Waals surface area contributed by atoms with Crippen LogP contribution in [0.4, 0.5) is 0 Å². The Labute approximate surface area is 70.7 Å². The lowest BCUT2D eigenvalue weighted by Crippen LogP contribution is -2.35. The molecule has 0 rings (SSSR count). The van der Waals surface area contributed by atoms with Crippen molar-refractivity contribution >= 4 is 0 Å². The molecule has 0 aromatic heterocycles. The molecule has 2 N–H and O–H groups in total. The third kappa shape index (κ3) is 3.57. The number of hydrogen-bond donors (Lipinski definition) is 1. The largest absolute Gasteiger partial charge is 0.327 e. The highest BCUT2D eigenvalue weighted by atomic mass is 14.7. The van der Waals surface area contributed by atoms with Gasteiger partial charge in [-0.25, -0.2) is 0 Å². The summed E-state index contributed by atoms with van der Waals surface area (Å²) in [6.45, 7) is 10.2. The van der Waals surface area contributed by atoms with Crippen LogP contribution < -0.4 is 5.73 Å². The quantitative estimate of drug-likeness (QED) is 0.607. The van der Waals surface area contributed by atoms with Crippen LogP contribution in [-0.4, -0.2) is 6.04 Å². The Kier molecular flexibility index (Phi) is 4.43. The normalized spacial score (nSPS) is 14.5. The highest BCUT2D eigenvalue weighted by Crippen LogP contribution is 2.23. The molecule has 0 aromatic carbocycles. The molecule has 66 valence electrons. The molecule has 1 nitrogen and oxygen atoms in total. The van der Waals surface area contributed by atoms with Crippen LogP contribution in [-0.2, 0) is 0 Å². The van der Waals surface area contributed by atoms with Crippen LogP contribution in [0.5, 0.6) is 0 Å². The van der Waals surface area contributed by atoms with E-state index in [0.29, 0.717) is 0 Å². The van der Waals surface area contributed by atoms with E-state index in [1.165, 1.54) is 12.8 Å². The second-order valence-corrected chi connectivity index (χ2v) is 3.77. The van der Waals surface area contributed by atoms with Crippen LogP contribution in [0.2, 0.25) is 0 Å². The fourth-order valence-electron chi connectivity index (χ4n) is 0.947. The van der Waals surface area contributed by atoms with E-state index < -0.39 is 0 Å². The minimum atomic E-state index is 0.0924. The smallest absolute Gasteiger partial charge is 0.0125 e. The van der Waals surface area contributed by atoms with Crippen molar-refractivity contribution in [3.05, 3.63) is 12.7 Å². The molecular weight excluding hydrogens is 134 g/mol. The summed E-state index contributed by atoms with van der Waals surface area (Å²) in [6.07, 6.45) is 5.50. The molecule has 0 aliphatic carbocycles. The first-order valence-corrected chi connectivity index (χ1v) is 4.43. The molecule has 1 heteroatoms. The Hall–Kier alpha value is -0.300. The van der Waals surface area contributed by atoms with Crippen molar-refractivity contribution in [2.75, 3.05) is 0 Å². The molecule has 0 bridgehead atoms. The highest BCUT2D eigenvalue weighted by Gasteiger charge is 2.21. The number of hydrogen-bond acceptors (Lipinski definition) is 1. The molecule has 11 heavy (non-hydrogen) atoms. The third-order valence-corrected chi connectivity index (χ3v) is 2.35. The summed E-state index contributed by atoms with van der Waals surface area (Å²) in [5.41, 5.74) is 6.07. The summed E-state index contributed by atoms with van der Waals surface area (Å²) in [5, 5.41) is 0. The van der Waals surface area contributed by atoms with Gasteiger partial charge in [-0.3, -0.25) is 0 Å². The van der Waals surface area contributed by atoms with Crippen molar-refractivity contribution in [1.82, 2.24) is 0 Å². The van der Waals surface area contributed by atoms with Gasteiger partial charge in [-0.2, -0.15) is 0 Å². The molecule has 0 fully saturated rings. The van der Waals surface area contributed by atoms with Crippen LogP contribution in [0, 0.1) is 5.41 Å². The lowest BCUT2D eigenvalue weighted by molar-refractivity contribution is 0.346. The molecule has 0 saturated heterocycles. The third-order valence-electron chi connectivity index (χ3n) is 2.35. The van der Waals surface area contributed by atoms with Crippen LogP contribution in [0.1, 0.15) is 40.0 Å². The Morgan fingerprint density at radius 3 is 2.45 bits per heavy atom. The predicted octanol–water partition coefficient (Wildman–Crippen LogP) is 2.72. The van der Waals surface area contributed by atoms with E-state index in [1.807, 2.05) is 6.08 Å². The molecule has 0 aliphatic rings. The number of nitrogens with two attached hydrogens (primary N) is 1. The summed E-state index contributed by atoms with van der Waals surface area (Å²) < 4.78 is 0. The van der Waals surface area contributed by atoms with Crippen molar-refractivity contribution in [2.45, 2.75) is 46.1 Å². The molecule has 0 aliphatic heterocycles.